The zero-order valence-electron chi connectivity index (χ0n) is 10.7. The molecule has 3 nitrogen and oxygen atoms in total. The number of alkyl carbamates (subject to hydrolysis) is 1. The van der Waals surface area contributed by atoms with Gasteiger partial charge in [-0.25, -0.2) is 4.79 Å². The van der Waals surface area contributed by atoms with E-state index in [0.717, 1.165) is 19.4 Å². The number of nitrogens with one attached hydrogen (secondary N) is 1. The highest BCUT2D eigenvalue weighted by Gasteiger charge is 2.17. The minimum Gasteiger partial charge on any atom is -0.450 e. The number of carbonyl (C=O) groups excluding carboxylic acids is 1. The summed E-state index contributed by atoms with van der Waals surface area (Å²) in [5, 5.41) is 2.82. The van der Waals surface area contributed by atoms with Gasteiger partial charge in [0.1, 0.15) is 0 Å². The zero-order chi connectivity index (χ0) is 12.6. The van der Waals surface area contributed by atoms with Crippen molar-refractivity contribution in [2.24, 2.45) is 5.92 Å². The van der Waals surface area contributed by atoms with Crippen LogP contribution in [0.3, 0.4) is 0 Å². The van der Waals surface area contributed by atoms with Crippen LogP contribution in [0.1, 0.15) is 31.2 Å². The van der Waals surface area contributed by atoms with Crippen LogP contribution in [0.25, 0.3) is 0 Å². The van der Waals surface area contributed by atoms with Gasteiger partial charge in [-0.05, 0) is 37.2 Å². The molecule has 0 unspecified atom stereocenters. The Morgan fingerprint density at radius 1 is 1.28 bits per heavy atom. The number of carbonyl (C=O) groups is 1. The zero-order valence-corrected chi connectivity index (χ0v) is 10.7. The van der Waals surface area contributed by atoms with E-state index < -0.39 is 0 Å². The molecule has 1 aliphatic carbocycles. The van der Waals surface area contributed by atoms with E-state index >= 15 is 0 Å². The largest absolute Gasteiger partial charge is 0.450 e. The maximum absolute atomic E-state index is 11.4. The molecule has 0 aliphatic heterocycles. The Morgan fingerprint density at radius 3 is 2.72 bits per heavy atom. The minimum absolute atomic E-state index is 0.269. The fourth-order valence-corrected chi connectivity index (χ4v) is 2.06. The van der Waals surface area contributed by atoms with Crippen molar-refractivity contribution in [1.82, 2.24) is 5.32 Å². The van der Waals surface area contributed by atoms with Crippen LogP contribution in [0.5, 0.6) is 0 Å². The molecule has 3 heteroatoms. The highest BCUT2D eigenvalue weighted by molar-refractivity contribution is 5.67. The highest BCUT2D eigenvalue weighted by Crippen LogP contribution is 2.25. The number of amides is 1. The van der Waals surface area contributed by atoms with Gasteiger partial charge >= 0.3 is 6.09 Å². The molecule has 0 aromatic heterocycles. The quantitative estimate of drug-likeness (QED) is 0.784. The summed E-state index contributed by atoms with van der Waals surface area (Å²) < 4.78 is 5.13. The standard InChI is InChI=1S/C15H21NO2/c17-15(16-12-14-8-4-9-14)18-11-5-10-13-6-2-1-3-7-13/h1-3,6-7,14H,4-5,8-12H2,(H,16,17). The lowest BCUT2D eigenvalue weighted by molar-refractivity contribution is 0.140. The Balaban J connectivity index is 1.50. The van der Waals surface area contributed by atoms with Gasteiger partial charge in [-0.1, -0.05) is 36.8 Å². The molecule has 18 heavy (non-hydrogen) atoms. The van der Waals surface area contributed by atoms with Crippen LogP contribution in [0, 0.1) is 5.92 Å². The van der Waals surface area contributed by atoms with E-state index in [2.05, 4.69) is 17.4 Å². The van der Waals surface area contributed by atoms with Crippen LogP contribution in [-0.4, -0.2) is 19.2 Å². The Kier molecular flexibility index (Phi) is 5.06. The predicted octanol–water partition coefficient (Wildman–Crippen LogP) is 3.15. The van der Waals surface area contributed by atoms with Gasteiger partial charge in [0, 0.05) is 6.54 Å². The molecule has 1 saturated carbocycles. The summed E-state index contributed by atoms with van der Waals surface area (Å²) in [4.78, 5) is 11.4. The Labute approximate surface area is 109 Å². The topological polar surface area (TPSA) is 38.3 Å². The van der Waals surface area contributed by atoms with Crippen LogP contribution in [0.2, 0.25) is 0 Å². The molecule has 0 radical (unpaired) electrons. The van der Waals surface area contributed by atoms with Crippen LogP contribution < -0.4 is 5.32 Å². The summed E-state index contributed by atoms with van der Waals surface area (Å²) in [7, 11) is 0. The number of aryl methyl sites for hydroxylation is 1. The van der Waals surface area contributed by atoms with Gasteiger partial charge in [0.15, 0.2) is 0 Å². The van der Waals surface area contributed by atoms with E-state index in [4.69, 9.17) is 4.74 Å². The van der Waals surface area contributed by atoms with Crippen molar-refractivity contribution in [3.63, 3.8) is 0 Å². The average Bonchev–Trinajstić information content (AvgIpc) is 2.34. The molecule has 1 amide bonds. The van der Waals surface area contributed by atoms with Crippen molar-refractivity contribution in [2.45, 2.75) is 32.1 Å². The van der Waals surface area contributed by atoms with E-state index in [-0.39, 0.29) is 6.09 Å². The third kappa shape index (κ3) is 4.40. The first-order valence-corrected chi connectivity index (χ1v) is 6.79. The monoisotopic (exact) mass is 247 g/mol. The van der Waals surface area contributed by atoms with Crippen molar-refractivity contribution in [2.75, 3.05) is 13.2 Å². The van der Waals surface area contributed by atoms with E-state index in [1.807, 2.05) is 18.2 Å². The summed E-state index contributed by atoms with van der Waals surface area (Å²) >= 11 is 0. The van der Waals surface area contributed by atoms with Crippen LogP contribution in [0.4, 0.5) is 4.79 Å². The van der Waals surface area contributed by atoms with Gasteiger partial charge in [-0.2, -0.15) is 0 Å². The molecular weight excluding hydrogens is 226 g/mol. The second-order valence-electron chi connectivity index (χ2n) is 4.90. The van der Waals surface area contributed by atoms with Crippen molar-refractivity contribution >= 4 is 6.09 Å². The summed E-state index contributed by atoms with van der Waals surface area (Å²) in [6.45, 7) is 1.27. The summed E-state index contributed by atoms with van der Waals surface area (Å²) in [5.74, 6) is 0.682. The molecule has 0 atom stereocenters. The lowest BCUT2D eigenvalue weighted by atomic mass is 9.85. The number of hydrogen-bond donors (Lipinski definition) is 1. The van der Waals surface area contributed by atoms with Crippen LogP contribution in [-0.2, 0) is 11.2 Å². The summed E-state index contributed by atoms with van der Waals surface area (Å²) in [6.07, 6.45) is 5.36. The minimum atomic E-state index is -0.269. The molecule has 1 N–H and O–H groups in total. The van der Waals surface area contributed by atoms with Crippen LogP contribution in [0.15, 0.2) is 30.3 Å². The maximum atomic E-state index is 11.4. The van der Waals surface area contributed by atoms with E-state index in [1.54, 1.807) is 0 Å². The number of hydrogen-bond acceptors (Lipinski definition) is 2. The van der Waals surface area contributed by atoms with Gasteiger partial charge in [0.25, 0.3) is 0 Å². The van der Waals surface area contributed by atoms with Crippen molar-refractivity contribution < 1.29 is 9.53 Å². The lowest BCUT2D eigenvalue weighted by Gasteiger charge is -2.25. The molecular formula is C15H21NO2. The van der Waals surface area contributed by atoms with Crippen LogP contribution >= 0.6 is 0 Å². The number of rotatable bonds is 6. The molecule has 1 fully saturated rings. The van der Waals surface area contributed by atoms with Gasteiger partial charge < -0.3 is 10.1 Å². The molecule has 2 rings (SSSR count). The molecule has 0 heterocycles. The summed E-state index contributed by atoms with van der Waals surface area (Å²) in [5.41, 5.74) is 1.29. The van der Waals surface area contributed by atoms with Gasteiger partial charge in [0.05, 0.1) is 6.61 Å². The van der Waals surface area contributed by atoms with E-state index in [0.29, 0.717) is 12.5 Å². The molecule has 1 aliphatic rings. The van der Waals surface area contributed by atoms with Crippen molar-refractivity contribution in [1.29, 1.82) is 0 Å². The maximum Gasteiger partial charge on any atom is 0.407 e. The molecule has 0 spiro atoms. The first-order chi connectivity index (χ1) is 8.84. The Hall–Kier alpha value is -1.51. The smallest absolute Gasteiger partial charge is 0.407 e. The van der Waals surface area contributed by atoms with E-state index in [9.17, 15) is 4.79 Å². The predicted molar refractivity (Wildman–Crippen MR) is 71.5 cm³/mol. The molecule has 0 bridgehead atoms. The van der Waals surface area contributed by atoms with Gasteiger partial charge in [0.2, 0.25) is 0 Å². The second-order valence-corrected chi connectivity index (χ2v) is 4.90. The second kappa shape index (κ2) is 7.04. The van der Waals surface area contributed by atoms with Gasteiger partial charge in [-0.3, -0.25) is 0 Å². The molecule has 1 aromatic carbocycles. The molecule has 98 valence electrons. The Morgan fingerprint density at radius 2 is 2.06 bits per heavy atom. The first kappa shape index (κ1) is 12.9. The average molecular weight is 247 g/mol. The fourth-order valence-electron chi connectivity index (χ4n) is 2.06. The number of benzene rings is 1. The third-order valence-electron chi connectivity index (χ3n) is 3.45. The number of ether oxygens (including phenoxy) is 1. The molecule has 0 saturated heterocycles. The summed E-state index contributed by atoms with van der Waals surface area (Å²) in [6, 6.07) is 10.3. The SMILES string of the molecule is O=C(NCC1CCC1)OCCCc1ccccc1. The molecule has 1 aromatic rings. The lowest BCUT2D eigenvalue weighted by Crippen LogP contribution is -2.32. The third-order valence-corrected chi connectivity index (χ3v) is 3.45. The van der Waals surface area contributed by atoms with Crippen molar-refractivity contribution in [3.05, 3.63) is 35.9 Å². The van der Waals surface area contributed by atoms with E-state index in [1.165, 1.54) is 24.8 Å². The normalized spacial score (nSPS) is 14.9. The fraction of sp³-hybridized carbons (Fsp3) is 0.533. The highest BCUT2D eigenvalue weighted by atomic mass is 16.5. The van der Waals surface area contributed by atoms with Crippen molar-refractivity contribution in [3.8, 4) is 0 Å². The first-order valence-electron chi connectivity index (χ1n) is 6.79. The van der Waals surface area contributed by atoms with Gasteiger partial charge in [-0.15, -0.1) is 0 Å². The Bertz CT molecular complexity index is 360.